The van der Waals surface area contributed by atoms with Crippen LogP contribution in [-0.2, 0) is 0 Å². The molecule has 0 unspecified atom stereocenters. The van der Waals surface area contributed by atoms with Crippen LogP contribution >= 0.6 is 0 Å². The molecule has 4 heteroatoms. The zero-order chi connectivity index (χ0) is 21.2. The molecule has 1 aliphatic rings. The van der Waals surface area contributed by atoms with Gasteiger partial charge in [-0.25, -0.2) is 4.98 Å². The zero-order valence-corrected chi connectivity index (χ0v) is 17.3. The van der Waals surface area contributed by atoms with Gasteiger partial charge in [-0.2, -0.15) is 0 Å². The number of para-hydroxylation sites is 1. The molecule has 0 saturated heterocycles. The van der Waals surface area contributed by atoms with Crippen molar-refractivity contribution in [3.05, 3.63) is 103 Å². The molecular formula is C26H29N3O. The first-order valence-corrected chi connectivity index (χ1v) is 10.5. The molecule has 1 saturated carbocycles. The van der Waals surface area contributed by atoms with Crippen LogP contribution in [0.15, 0.2) is 91.8 Å². The first-order valence-electron chi connectivity index (χ1n) is 10.5. The van der Waals surface area contributed by atoms with Gasteiger partial charge in [-0.15, -0.1) is 0 Å². The van der Waals surface area contributed by atoms with Crippen molar-refractivity contribution in [1.82, 2.24) is 10.3 Å². The minimum absolute atomic E-state index is 0.120. The molecule has 1 aliphatic carbocycles. The smallest absolute Gasteiger partial charge is 0.191 e. The fourth-order valence-corrected chi connectivity index (χ4v) is 3.66. The number of hydrogen-bond donors (Lipinski definition) is 2. The molecule has 2 N–H and O–H groups in total. The summed E-state index contributed by atoms with van der Waals surface area (Å²) in [6, 6.07) is 13.7. The molecule has 4 nitrogen and oxygen atoms in total. The van der Waals surface area contributed by atoms with E-state index in [0.29, 0.717) is 17.3 Å². The van der Waals surface area contributed by atoms with Crippen LogP contribution in [0.1, 0.15) is 54.1 Å². The van der Waals surface area contributed by atoms with Gasteiger partial charge >= 0.3 is 0 Å². The summed E-state index contributed by atoms with van der Waals surface area (Å²) < 4.78 is 0. The molecular weight excluding hydrogens is 370 g/mol. The third kappa shape index (κ3) is 5.80. The average Bonchev–Trinajstić information content (AvgIpc) is 2.79. The SMILES string of the molecule is C=C/C=C(\C=C)N/C=C/C(=O)c1ccc(C2CCCCC2)nc1Nc1ccccc1. The maximum atomic E-state index is 12.9. The Morgan fingerprint density at radius 2 is 1.80 bits per heavy atom. The van der Waals surface area contributed by atoms with E-state index in [9.17, 15) is 4.79 Å². The van der Waals surface area contributed by atoms with E-state index in [1.165, 1.54) is 25.3 Å². The van der Waals surface area contributed by atoms with Gasteiger partial charge in [-0.3, -0.25) is 4.79 Å². The van der Waals surface area contributed by atoms with Crippen molar-refractivity contribution >= 4 is 17.3 Å². The largest absolute Gasteiger partial charge is 0.362 e. The Morgan fingerprint density at radius 1 is 1.03 bits per heavy atom. The van der Waals surface area contributed by atoms with E-state index in [-0.39, 0.29) is 5.78 Å². The van der Waals surface area contributed by atoms with Gasteiger partial charge < -0.3 is 10.6 Å². The summed E-state index contributed by atoms with van der Waals surface area (Å²) in [5.74, 6) is 0.950. The number of nitrogens with one attached hydrogen (secondary N) is 2. The first-order chi connectivity index (χ1) is 14.7. The molecule has 1 aromatic heterocycles. The maximum Gasteiger partial charge on any atom is 0.191 e. The Morgan fingerprint density at radius 3 is 2.50 bits per heavy atom. The highest BCUT2D eigenvalue weighted by Crippen LogP contribution is 2.33. The van der Waals surface area contributed by atoms with Crippen molar-refractivity contribution in [3.8, 4) is 0 Å². The summed E-state index contributed by atoms with van der Waals surface area (Å²) in [4.78, 5) is 17.8. The molecule has 3 rings (SSSR count). The highest BCUT2D eigenvalue weighted by Gasteiger charge is 2.19. The van der Waals surface area contributed by atoms with E-state index in [0.717, 1.165) is 29.9 Å². The number of ketones is 1. The van der Waals surface area contributed by atoms with E-state index >= 15 is 0 Å². The lowest BCUT2D eigenvalue weighted by Crippen LogP contribution is -2.11. The molecule has 1 fully saturated rings. The number of nitrogens with zero attached hydrogens (tertiary/aromatic N) is 1. The predicted octanol–water partition coefficient (Wildman–Crippen LogP) is 6.41. The molecule has 0 atom stereocenters. The minimum atomic E-state index is -0.120. The Bertz CT molecular complexity index is 938. The normalized spacial score (nSPS) is 15.0. The second-order valence-electron chi connectivity index (χ2n) is 7.36. The summed E-state index contributed by atoms with van der Waals surface area (Å²) >= 11 is 0. The molecule has 1 heterocycles. The molecule has 0 spiro atoms. The van der Waals surface area contributed by atoms with Crippen molar-refractivity contribution in [1.29, 1.82) is 0 Å². The molecule has 0 amide bonds. The van der Waals surface area contributed by atoms with Gasteiger partial charge in [0.25, 0.3) is 0 Å². The second-order valence-corrected chi connectivity index (χ2v) is 7.36. The number of pyridine rings is 1. The lowest BCUT2D eigenvalue weighted by Gasteiger charge is -2.22. The van der Waals surface area contributed by atoms with Crippen molar-refractivity contribution in [2.75, 3.05) is 5.32 Å². The molecule has 2 aromatic rings. The fourth-order valence-electron chi connectivity index (χ4n) is 3.66. The maximum absolute atomic E-state index is 12.9. The lowest BCUT2D eigenvalue weighted by atomic mass is 9.86. The van der Waals surface area contributed by atoms with E-state index in [4.69, 9.17) is 4.98 Å². The molecule has 0 radical (unpaired) electrons. The van der Waals surface area contributed by atoms with Crippen molar-refractivity contribution in [2.24, 2.45) is 0 Å². The summed E-state index contributed by atoms with van der Waals surface area (Å²) in [6.45, 7) is 7.40. The summed E-state index contributed by atoms with van der Waals surface area (Å²) in [5.41, 5.74) is 3.28. The number of hydrogen-bond acceptors (Lipinski definition) is 4. The fraction of sp³-hybridized carbons (Fsp3) is 0.231. The highest BCUT2D eigenvalue weighted by atomic mass is 16.1. The Hall–Kier alpha value is -3.40. The van der Waals surface area contributed by atoms with Gasteiger partial charge in [0.15, 0.2) is 5.78 Å². The van der Waals surface area contributed by atoms with E-state index < -0.39 is 0 Å². The number of anilines is 2. The Balaban J connectivity index is 1.85. The monoisotopic (exact) mass is 399 g/mol. The van der Waals surface area contributed by atoms with Crippen LogP contribution in [0.25, 0.3) is 0 Å². The standard InChI is InChI=1S/C26H29N3O/c1-3-11-21(4-2)27-19-18-25(30)23-16-17-24(20-12-7-5-8-13-20)29-26(23)28-22-14-9-6-10-15-22/h3-4,6,9-11,14-20,27H,1-2,5,7-8,12-13H2,(H,28,29)/b19-18+,21-11+. The van der Waals surface area contributed by atoms with Gasteiger partial charge in [0.05, 0.1) is 5.56 Å². The predicted molar refractivity (Wildman–Crippen MR) is 125 cm³/mol. The minimum Gasteiger partial charge on any atom is -0.362 e. The first kappa shape index (κ1) is 21.3. The van der Waals surface area contributed by atoms with Gasteiger partial charge in [-0.05, 0) is 49.3 Å². The van der Waals surface area contributed by atoms with Gasteiger partial charge in [0.2, 0.25) is 0 Å². The Labute approximate surface area is 179 Å². The number of benzene rings is 1. The second kappa shape index (κ2) is 11.0. The van der Waals surface area contributed by atoms with Crippen LogP contribution in [0.4, 0.5) is 11.5 Å². The number of carbonyl (C=O) groups excluding carboxylic acids is 1. The van der Waals surface area contributed by atoms with Crippen LogP contribution in [0.3, 0.4) is 0 Å². The van der Waals surface area contributed by atoms with Crippen molar-refractivity contribution < 1.29 is 4.79 Å². The average molecular weight is 400 g/mol. The molecule has 154 valence electrons. The van der Waals surface area contributed by atoms with E-state index in [1.807, 2.05) is 42.5 Å². The third-order valence-corrected chi connectivity index (χ3v) is 5.24. The van der Waals surface area contributed by atoms with E-state index in [2.05, 4.69) is 23.8 Å². The number of aromatic nitrogens is 1. The summed E-state index contributed by atoms with van der Waals surface area (Å²) in [6.07, 6.45) is 14.3. The van der Waals surface area contributed by atoms with Crippen LogP contribution in [0.2, 0.25) is 0 Å². The van der Waals surface area contributed by atoms with Gasteiger partial charge in [-0.1, -0.05) is 56.7 Å². The van der Waals surface area contributed by atoms with Crippen LogP contribution in [0.5, 0.6) is 0 Å². The number of rotatable bonds is 9. The highest BCUT2D eigenvalue weighted by molar-refractivity contribution is 6.08. The topological polar surface area (TPSA) is 54.0 Å². The quantitative estimate of drug-likeness (QED) is 0.290. The van der Waals surface area contributed by atoms with Crippen LogP contribution in [-0.4, -0.2) is 10.8 Å². The summed E-state index contributed by atoms with van der Waals surface area (Å²) in [5, 5.41) is 6.37. The van der Waals surface area contributed by atoms with Gasteiger partial charge in [0.1, 0.15) is 5.82 Å². The zero-order valence-electron chi connectivity index (χ0n) is 17.3. The Kier molecular flexibility index (Phi) is 7.78. The number of allylic oxidation sites excluding steroid dienone is 4. The molecule has 30 heavy (non-hydrogen) atoms. The summed E-state index contributed by atoms with van der Waals surface area (Å²) in [7, 11) is 0. The molecule has 0 aliphatic heterocycles. The van der Waals surface area contributed by atoms with Crippen molar-refractivity contribution in [3.63, 3.8) is 0 Å². The molecule has 1 aromatic carbocycles. The lowest BCUT2D eigenvalue weighted by molar-refractivity contribution is 0.104. The molecule has 0 bridgehead atoms. The van der Waals surface area contributed by atoms with Crippen molar-refractivity contribution in [2.45, 2.75) is 38.0 Å². The van der Waals surface area contributed by atoms with Gasteiger partial charge in [0, 0.05) is 35.3 Å². The third-order valence-electron chi connectivity index (χ3n) is 5.24. The van der Waals surface area contributed by atoms with Crippen LogP contribution < -0.4 is 10.6 Å². The van der Waals surface area contributed by atoms with E-state index in [1.54, 1.807) is 24.4 Å². The number of carbonyl (C=O) groups is 1. The van der Waals surface area contributed by atoms with Crippen LogP contribution in [0, 0.1) is 0 Å².